The highest BCUT2D eigenvalue weighted by Gasteiger charge is 2.48. The zero-order valence-electron chi connectivity index (χ0n) is 16.4. The summed E-state index contributed by atoms with van der Waals surface area (Å²) in [5.74, 6) is -1.56. The van der Waals surface area contributed by atoms with Crippen LogP contribution in [0.25, 0.3) is 0 Å². The highest BCUT2D eigenvalue weighted by Crippen LogP contribution is 2.16. The number of carbonyl (C=O) groups excluding carboxylic acids is 2. The third-order valence-corrected chi connectivity index (χ3v) is 9.29. The first-order valence-electron chi connectivity index (χ1n) is 7.60. The highest BCUT2D eigenvalue weighted by atomic mass is 28.4. The molecule has 0 aromatic heterocycles. The second-order valence-corrected chi connectivity index (χ2v) is 11.4. The van der Waals surface area contributed by atoms with Gasteiger partial charge in [0.05, 0.1) is 0 Å². The van der Waals surface area contributed by atoms with Gasteiger partial charge >= 0.3 is 29.5 Å². The van der Waals surface area contributed by atoms with Gasteiger partial charge in [-0.25, -0.2) is 9.59 Å². The molecule has 0 spiro atoms. The van der Waals surface area contributed by atoms with E-state index in [4.69, 9.17) is 36.0 Å². The molecule has 0 aromatic carbocycles. The lowest BCUT2D eigenvalue weighted by molar-refractivity contribution is -0.144. The van der Waals surface area contributed by atoms with Crippen molar-refractivity contribution in [3.05, 3.63) is 12.2 Å². The Bertz CT molecular complexity index is 418. The van der Waals surface area contributed by atoms with E-state index in [2.05, 4.69) is 0 Å². The number of esters is 2. The van der Waals surface area contributed by atoms with Gasteiger partial charge in [-0.2, -0.15) is 0 Å². The molecule has 0 saturated carbocycles. The van der Waals surface area contributed by atoms with E-state index in [1.807, 2.05) is 0 Å². The van der Waals surface area contributed by atoms with Crippen LogP contribution >= 0.6 is 0 Å². The Balaban J connectivity index is 4.81. The molecule has 10 nitrogen and oxygen atoms in total. The van der Waals surface area contributed by atoms with Gasteiger partial charge in [-0.05, 0) is 13.8 Å². The number of ether oxygens (including phenoxy) is 2. The van der Waals surface area contributed by atoms with Gasteiger partial charge in [0.2, 0.25) is 0 Å². The maximum atomic E-state index is 11.9. The van der Waals surface area contributed by atoms with Crippen molar-refractivity contribution < 1.29 is 45.6 Å². The second kappa shape index (κ2) is 11.6. The topological polar surface area (TPSA) is 108 Å². The van der Waals surface area contributed by atoms with E-state index in [9.17, 15) is 9.59 Å². The maximum Gasteiger partial charge on any atom is 0.543 e. The SMILES string of the molecule is CO[Si](OC)(OC)C(C)OC(=O)/C=C/C(=O)OC(C)[Si](OC)(OC)OC. The molecular weight excluding hydrogens is 384 g/mol. The van der Waals surface area contributed by atoms with Gasteiger partial charge in [-0.1, -0.05) is 0 Å². The minimum Gasteiger partial charge on any atom is -0.455 e. The zero-order chi connectivity index (χ0) is 20.4. The minimum atomic E-state index is -3.14. The summed E-state index contributed by atoms with van der Waals surface area (Å²) in [6, 6.07) is 0. The number of rotatable bonds is 12. The molecule has 0 aromatic rings. The molecule has 2 unspecified atom stereocenters. The van der Waals surface area contributed by atoms with Crippen molar-refractivity contribution in [1.82, 2.24) is 0 Å². The van der Waals surface area contributed by atoms with Crippen molar-refractivity contribution >= 4 is 29.5 Å². The lowest BCUT2D eigenvalue weighted by Gasteiger charge is -2.29. The molecule has 0 amide bonds. The van der Waals surface area contributed by atoms with Crippen LogP contribution in [-0.4, -0.2) is 83.7 Å². The van der Waals surface area contributed by atoms with Gasteiger partial charge in [0.15, 0.2) is 11.5 Å². The van der Waals surface area contributed by atoms with E-state index in [-0.39, 0.29) is 0 Å². The van der Waals surface area contributed by atoms with Crippen LogP contribution in [0.2, 0.25) is 0 Å². The highest BCUT2D eigenvalue weighted by molar-refractivity contribution is 6.62. The van der Waals surface area contributed by atoms with Gasteiger partial charge < -0.3 is 36.0 Å². The molecule has 0 aliphatic heterocycles. The fourth-order valence-electron chi connectivity index (χ4n) is 2.20. The molecule has 0 saturated heterocycles. The summed E-state index contributed by atoms with van der Waals surface area (Å²) >= 11 is 0. The van der Waals surface area contributed by atoms with Crippen molar-refractivity contribution in [3.8, 4) is 0 Å². The van der Waals surface area contributed by atoms with Crippen LogP contribution in [0.1, 0.15) is 13.8 Å². The predicted octanol–water partition coefficient (Wildman–Crippen LogP) is 0.241. The first kappa shape index (κ1) is 24.9. The average Bonchev–Trinajstić information content (AvgIpc) is 2.64. The number of hydrogen-bond acceptors (Lipinski definition) is 10. The molecule has 0 aliphatic rings. The van der Waals surface area contributed by atoms with Crippen molar-refractivity contribution in [2.75, 3.05) is 42.7 Å². The smallest absolute Gasteiger partial charge is 0.455 e. The summed E-state index contributed by atoms with van der Waals surface area (Å²) in [6.45, 7) is 3.15. The van der Waals surface area contributed by atoms with Crippen LogP contribution in [-0.2, 0) is 45.6 Å². The van der Waals surface area contributed by atoms with E-state index in [1.54, 1.807) is 13.8 Å². The molecule has 0 N–H and O–H groups in total. The van der Waals surface area contributed by atoms with E-state index in [0.29, 0.717) is 0 Å². The van der Waals surface area contributed by atoms with E-state index in [0.717, 1.165) is 12.2 Å². The third kappa shape index (κ3) is 6.24. The number of carbonyl (C=O) groups is 2. The zero-order valence-corrected chi connectivity index (χ0v) is 18.4. The Morgan fingerprint density at radius 3 is 1.04 bits per heavy atom. The Kier molecular flexibility index (Phi) is 11.1. The van der Waals surface area contributed by atoms with Crippen molar-refractivity contribution in [2.45, 2.75) is 25.3 Å². The van der Waals surface area contributed by atoms with Crippen LogP contribution in [0, 0.1) is 0 Å². The lowest BCUT2D eigenvalue weighted by Crippen LogP contribution is -2.54. The van der Waals surface area contributed by atoms with Crippen molar-refractivity contribution in [2.24, 2.45) is 0 Å². The van der Waals surface area contributed by atoms with Crippen LogP contribution in [0.3, 0.4) is 0 Å². The largest absolute Gasteiger partial charge is 0.543 e. The van der Waals surface area contributed by atoms with Gasteiger partial charge in [0.1, 0.15) is 0 Å². The Morgan fingerprint density at radius 2 is 0.846 bits per heavy atom. The summed E-state index contributed by atoms with van der Waals surface area (Å²) in [5.41, 5.74) is -1.55. The lowest BCUT2D eigenvalue weighted by atomic mass is 10.5. The Labute approximate surface area is 156 Å². The molecule has 152 valence electrons. The van der Waals surface area contributed by atoms with Crippen LogP contribution in [0.5, 0.6) is 0 Å². The average molecular weight is 413 g/mol. The molecule has 0 fully saturated rings. The summed E-state index contributed by atoms with van der Waals surface area (Å²) in [4.78, 5) is 23.8. The summed E-state index contributed by atoms with van der Waals surface area (Å²) in [6.07, 6.45) is 1.86. The van der Waals surface area contributed by atoms with Crippen LogP contribution in [0.15, 0.2) is 12.2 Å². The van der Waals surface area contributed by atoms with Crippen molar-refractivity contribution in [3.63, 3.8) is 0 Å². The Morgan fingerprint density at radius 1 is 0.615 bits per heavy atom. The van der Waals surface area contributed by atoms with Gasteiger partial charge in [-0.3, -0.25) is 0 Å². The molecule has 0 radical (unpaired) electrons. The minimum absolute atomic E-state index is 0.773. The maximum absolute atomic E-state index is 11.9. The van der Waals surface area contributed by atoms with Crippen LogP contribution < -0.4 is 0 Å². The molecular formula is C14H28O10Si2. The molecule has 0 rings (SSSR count). The van der Waals surface area contributed by atoms with Gasteiger partial charge in [-0.15, -0.1) is 0 Å². The van der Waals surface area contributed by atoms with E-state index < -0.39 is 41.0 Å². The Hall–Kier alpha value is -1.13. The summed E-state index contributed by atoms with van der Waals surface area (Å²) < 4.78 is 41.6. The fourth-order valence-corrected chi connectivity index (χ4v) is 5.72. The van der Waals surface area contributed by atoms with Gasteiger partial charge in [0.25, 0.3) is 0 Å². The molecule has 2 atom stereocenters. The standard InChI is InChI=1S/C14H28O10Si2/c1-11(25(17-3,18-4)19-5)23-13(15)9-10-14(16)24-12(2)26(20-6,21-7)22-8/h9-12H,1-8H3/b10-9+. The van der Waals surface area contributed by atoms with Gasteiger partial charge in [0, 0.05) is 54.8 Å². The van der Waals surface area contributed by atoms with E-state index in [1.165, 1.54) is 42.7 Å². The fraction of sp³-hybridized carbons (Fsp3) is 0.714. The van der Waals surface area contributed by atoms with E-state index >= 15 is 0 Å². The van der Waals surface area contributed by atoms with Crippen molar-refractivity contribution in [1.29, 1.82) is 0 Å². The molecule has 0 heterocycles. The second-order valence-electron chi connectivity index (χ2n) is 4.92. The summed E-state index contributed by atoms with van der Waals surface area (Å²) in [7, 11) is 2.11. The van der Waals surface area contributed by atoms with Crippen LogP contribution in [0.4, 0.5) is 0 Å². The monoisotopic (exact) mass is 412 g/mol. The molecule has 26 heavy (non-hydrogen) atoms. The third-order valence-electron chi connectivity index (χ3n) is 3.64. The first-order chi connectivity index (χ1) is 12.2. The quantitative estimate of drug-likeness (QED) is 0.251. The summed E-state index contributed by atoms with van der Waals surface area (Å²) in [5, 5.41) is 0. The molecule has 0 aliphatic carbocycles. The molecule has 12 heteroatoms. The molecule has 0 bridgehead atoms. The number of hydrogen-bond donors (Lipinski definition) is 0. The first-order valence-corrected chi connectivity index (χ1v) is 11.2. The normalized spacial score (nSPS) is 14.9. The predicted molar refractivity (Wildman–Crippen MR) is 93.8 cm³/mol.